The molecular formula is C15H16ClNO6. The molecule has 3 N–H and O–H groups in total. The Hall–Kier alpha value is -1.93. The highest BCUT2D eigenvalue weighted by atomic mass is 35.5. The van der Waals surface area contributed by atoms with Crippen LogP contribution in [-0.2, 0) is 24.8 Å². The van der Waals surface area contributed by atoms with E-state index in [2.05, 4.69) is 5.32 Å². The maximum absolute atomic E-state index is 9.55. The molecule has 124 valence electrons. The number of nitrogens with one attached hydrogen (secondary N) is 1. The first-order valence-electron chi connectivity index (χ1n) is 6.84. The molecule has 2 aliphatic heterocycles. The van der Waals surface area contributed by atoms with Gasteiger partial charge in [-0.05, 0) is 12.1 Å². The molecule has 2 unspecified atom stereocenters. The fourth-order valence-corrected chi connectivity index (χ4v) is 2.47. The number of aliphatic carboxylic acids is 2. The van der Waals surface area contributed by atoms with Gasteiger partial charge in [0, 0.05) is 29.3 Å². The molecule has 0 spiro atoms. The van der Waals surface area contributed by atoms with E-state index in [9.17, 15) is 9.59 Å². The third kappa shape index (κ3) is 4.77. The number of carboxylic acids is 2. The van der Waals surface area contributed by atoms with Crippen molar-refractivity contribution in [2.24, 2.45) is 0 Å². The van der Waals surface area contributed by atoms with Crippen LogP contribution in [0.5, 0.6) is 0 Å². The Bertz CT molecular complexity index is 600. The van der Waals surface area contributed by atoms with Crippen LogP contribution in [0.1, 0.15) is 5.56 Å². The van der Waals surface area contributed by atoms with Gasteiger partial charge in [0.2, 0.25) is 5.79 Å². The molecule has 0 aliphatic carbocycles. The van der Waals surface area contributed by atoms with Crippen LogP contribution in [0.15, 0.2) is 36.4 Å². The van der Waals surface area contributed by atoms with Gasteiger partial charge in [-0.25, -0.2) is 9.59 Å². The SMILES string of the molecule is Clc1cccc(C23CNCC(CO2)O3)c1.O=C(O)/C=C\C(=O)O. The predicted molar refractivity (Wildman–Crippen MR) is 81.2 cm³/mol. The standard InChI is InChI=1S/C11H12ClNO2.C4H4O4/c12-9-3-1-2-8(4-9)11-7-13-5-10(15-11)6-14-11;5-3(6)1-2-4(7)8/h1-4,10,13H,5-7H2;1-2H,(H,5,6)(H,7,8)/b;2-1-. The van der Waals surface area contributed by atoms with Gasteiger partial charge in [-0.3, -0.25) is 0 Å². The molecule has 2 aliphatic rings. The third-order valence-electron chi connectivity index (χ3n) is 3.22. The van der Waals surface area contributed by atoms with Crippen LogP contribution in [0, 0.1) is 0 Å². The van der Waals surface area contributed by atoms with Crippen LogP contribution < -0.4 is 5.32 Å². The molecule has 0 saturated carbocycles. The number of benzene rings is 1. The Morgan fingerprint density at radius 1 is 1.30 bits per heavy atom. The molecule has 0 aromatic heterocycles. The first kappa shape index (κ1) is 17.4. The predicted octanol–water partition coefficient (Wildman–Crippen LogP) is 1.22. The molecule has 2 bridgehead atoms. The van der Waals surface area contributed by atoms with Crippen LogP contribution in [-0.4, -0.2) is 48.0 Å². The van der Waals surface area contributed by atoms with Gasteiger partial charge in [-0.1, -0.05) is 23.7 Å². The fraction of sp³-hybridized carbons (Fsp3) is 0.333. The summed E-state index contributed by atoms with van der Waals surface area (Å²) in [5.74, 6) is -3.13. The molecule has 2 atom stereocenters. The minimum atomic E-state index is -1.26. The molecule has 2 heterocycles. The van der Waals surface area contributed by atoms with Crippen molar-refractivity contribution < 1.29 is 29.3 Å². The topological polar surface area (TPSA) is 105 Å². The van der Waals surface area contributed by atoms with Crippen molar-refractivity contribution in [3.05, 3.63) is 47.0 Å². The van der Waals surface area contributed by atoms with Gasteiger partial charge in [-0.2, -0.15) is 0 Å². The number of morpholine rings is 1. The number of hydrogen-bond donors (Lipinski definition) is 3. The highest BCUT2D eigenvalue weighted by Crippen LogP contribution is 2.36. The maximum atomic E-state index is 9.55. The number of carboxylic acid groups (broad SMARTS) is 2. The van der Waals surface area contributed by atoms with E-state index in [4.69, 9.17) is 31.3 Å². The molecule has 1 aromatic rings. The lowest BCUT2D eigenvalue weighted by Crippen LogP contribution is -2.46. The van der Waals surface area contributed by atoms with E-state index in [0.717, 1.165) is 12.1 Å². The first-order valence-corrected chi connectivity index (χ1v) is 7.21. The van der Waals surface area contributed by atoms with E-state index >= 15 is 0 Å². The average molecular weight is 342 g/mol. The van der Waals surface area contributed by atoms with E-state index in [1.165, 1.54) is 0 Å². The maximum Gasteiger partial charge on any atom is 0.328 e. The summed E-state index contributed by atoms with van der Waals surface area (Å²) < 4.78 is 11.6. The smallest absolute Gasteiger partial charge is 0.328 e. The molecule has 7 nitrogen and oxygen atoms in total. The largest absolute Gasteiger partial charge is 0.478 e. The lowest BCUT2D eigenvalue weighted by molar-refractivity contribution is -0.186. The van der Waals surface area contributed by atoms with Crippen molar-refractivity contribution in [2.75, 3.05) is 19.7 Å². The summed E-state index contributed by atoms with van der Waals surface area (Å²) in [5, 5.41) is 19.6. The molecular weight excluding hydrogens is 326 g/mol. The lowest BCUT2D eigenvalue weighted by atomic mass is 10.1. The van der Waals surface area contributed by atoms with Crippen molar-refractivity contribution in [1.29, 1.82) is 0 Å². The van der Waals surface area contributed by atoms with Crippen molar-refractivity contribution in [2.45, 2.75) is 11.9 Å². The van der Waals surface area contributed by atoms with Crippen LogP contribution in [0.3, 0.4) is 0 Å². The summed E-state index contributed by atoms with van der Waals surface area (Å²) in [4.78, 5) is 19.1. The molecule has 23 heavy (non-hydrogen) atoms. The number of ether oxygens (including phenoxy) is 2. The summed E-state index contributed by atoms with van der Waals surface area (Å²) in [6.45, 7) is 2.20. The minimum absolute atomic E-state index is 0.165. The number of fused-ring (bicyclic) bond motifs is 2. The van der Waals surface area contributed by atoms with Gasteiger partial charge in [-0.15, -0.1) is 0 Å². The fourth-order valence-electron chi connectivity index (χ4n) is 2.28. The highest BCUT2D eigenvalue weighted by Gasteiger charge is 2.46. The average Bonchev–Trinajstić information content (AvgIpc) is 2.82. The van der Waals surface area contributed by atoms with Crippen molar-refractivity contribution in [1.82, 2.24) is 5.32 Å². The second-order valence-corrected chi connectivity index (χ2v) is 5.39. The lowest BCUT2D eigenvalue weighted by Gasteiger charge is -2.32. The van der Waals surface area contributed by atoms with Gasteiger partial charge in [0.1, 0.15) is 0 Å². The second-order valence-electron chi connectivity index (χ2n) is 4.95. The number of carbonyl (C=O) groups is 2. The zero-order chi connectivity index (χ0) is 16.9. The molecule has 2 fully saturated rings. The van der Waals surface area contributed by atoms with Crippen molar-refractivity contribution in [3.8, 4) is 0 Å². The molecule has 2 saturated heterocycles. The monoisotopic (exact) mass is 341 g/mol. The molecule has 3 rings (SSSR count). The van der Waals surface area contributed by atoms with Gasteiger partial charge >= 0.3 is 11.9 Å². The van der Waals surface area contributed by atoms with E-state index in [0.29, 0.717) is 30.3 Å². The third-order valence-corrected chi connectivity index (χ3v) is 3.46. The molecule has 0 amide bonds. The highest BCUT2D eigenvalue weighted by molar-refractivity contribution is 6.30. The Morgan fingerprint density at radius 2 is 2.00 bits per heavy atom. The second kappa shape index (κ2) is 7.56. The summed E-state index contributed by atoms with van der Waals surface area (Å²) >= 11 is 5.97. The van der Waals surface area contributed by atoms with Crippen LogP contribution in [0.25, 0.3) is 0 Å². The quantitative estimate of drug-likeness (QED) is 0.710. The zero-order valence-corrected chi connectivity index (χ0v) is 12.8. The summed E-state index contributed by atoms with van der Waals surface area (Å²) in [7, 11) is 0. The van der Waals surface area contributed by atoms with Gasteiger partial charge in [0.25, 0.3) is 0 Å². The number of halogens is 1. The van der Waals surface area contributed by atoms with E-state index in [1.54, 1.807) is 0 Å². The van der Waals surface area contributed by atoms with Crippen molar-refractivity contribution >= 4 is 23.5 Å². The van der Waals surface area contributed by atoms with Crippen LogP contribution in [0.4, 0.5) is 0 Å². The summed E-state index contributed by atoms with van der Waals surface area (Å²) in [5.41, 5.74) is 0.990. The Morgan fingerprint density at radius 3 is 2.61 bits per heavy atom. The van der Waals surface area contributed by atoms with E-state index in [1.807, 2.05) is 24.3 Å². The molecule has 1 aromatic carbocycles. The summed E-state index contributed by atoms with van der Waals surface area (Å²) in [6, 6.07) is 7.66. The Balaban J connectivity index is 0.000000207. The van der Waals surface area contributed by atoms with Gasteiger partial charge < -0.3 is 25.0 Å². The Labute approximate surface area is 137 Å². The minimum Gasteiger partial charge on any atom is -0.478 e. The summed E-state index contributed by atoms with van der Waals surface area (Å²) in [6.07, 6.45) is 1.28. The number of rotatable bonds is 3. The van der Waals surface area contributed by atoms with Gasteiger partial charge in [0.05, 0.1) is 19.3 Å². The Kier molecular flexibility index (Phi) is 5.73. The number of hydrogen-bond acceptors (Lipinski definition) is 5. The molecule has 0 radical (unpaired) electrons. The van der Waals surface area contributed by atoms with E-state index in [-0.39, 0.29) is 6.10 Å². The normalized spacial score (nSPS) is 25.7. The molecule has 8 heteroatoms. The van der Waals surface area contributed by atoms with E-state index < -0.39 is 17.7 Å². The van der Waals surface area contributed by atoms with Gasteiger partial charge in [0.15, 0.2) is 0 Å². The van der Waals surface area contributed by atoms with Crippen molar-refractivity contribution in [3.63, 3.8) is 0 Å². The van der Waals surface area contributed by atoms with Crippen LogP contribution in [0.2, 0.25) is 5.02 Å². The zero-order valence-electron chi connectivity index (χ0n) is 12.1. The van der Waals surface area contributed by atoms with Crippen LogP contribution >= 0.6 is 11.6 Å². The first-order chi connectivity index (χ1) is 10.9.